The summed E-state index contributed by atoms with van der Waals surface area (Å²) in [5.74, 6) is 0. The lowest BCUT2D eigenvalue weighted by molar-refractivity contribution is 1.18. The minimum Gasteiger partial charge on any atom is -0.310 e. The van der Waals surface area contributed by atoms with E-state index in [2.05, 4.69) is 92.8 Å². The van der Waals surface area contributed by atoms with E-state index in [1.165, 1.54) is 0 Å². The van der Waals surface area contributed by atoms with Crippen LogP contribution in [0, 0.1) is 29.2 Å². The van der Waals surface area contributed by atoms with E-state index in [0.29, 0.717) is 16.8 Å². The number of nitrogens with zero attached hydrogens (tertiary/aromatic N) is 5. The first kappa shape index (κ1) is 28.8. The zero-order chi connectivity index (χ0) is 33.8. The van der Waals surface area contributed by atoms with E-state index in [9.17, 15) is 10.5 Å². The van der Waals surface area contributed by atoms with Gasteiger partial charge in [0.1, 0.15) is 0 Å². The van der Waals surface area contributed by atoms with Gasteiger partial charge in [-0.1, -0.05) is 91.0 Å². The fourth-order valence-corrected chi connectivity index (χ4v) is 7.36. The summed E-state index contributed by atoms with van der Waals surface area (Å²) in [5.41, 5.74) is 11.6. The Kier molecular flexibility index (Phi) is 6.56. The van der Waals surface area contributed by atoms with Gasteiger partial charge < -0.3 is 9.13 Å². The molecule has 9 aromatic rings. The van der Waals surface area contributed by atoms with Crippen LogP contribution in [0.1, 0.15) is 11.1 Å². The Hall–Kier alpha value is -7.39. The third-order valence-electron chi connectivity index (χ3n) is 9.62. The van der Waals surface area contributed by atoms with Crippen LogP contribution in [0.3, 0.4) is 0 Å². The number of rotatable bonds is 4. The van der Waals surface area contributed by atoms with Crippen molar-refractivity contribution in [1.29, 1.82) is 10.5 Å². The predicted molar refractivity (Wildman–Crippen MR) is 202 cm³/mol. The smallest absolute Gasteiger partial charge is 0.189 e. The summed E-state index contributed by atoms with van der Waals surface area (Å²) in [6.07, 6.45) is 0. The summed E-state index contributed by atoms with van der Waals surface area (Å²) in [7, 11) is 0. The second kappa shape index (κ2) is 11.4. The summed E-state index contributed by atoms with van der Waals surface area (Å²) >= 11 is 0. The van der Waals surface area contributed by atoms with Crippen LogP contribution in [0.2, 0.25) is 0 Å². The third-order valence-corrected chi connectivity index (χ3v) is 9.62. The predicted octanol–water partition coefficient (Wildman–Crippen LogP) is 11.5. The van der Waals surface area contributed by atoms with Gasteiger partial charge in [-0.15, -0.1) is 0 Å². The molecular weight excluding hydrogens is 611 g/mol. The molecule has 0 aliphatic heterocycles. The molecule has 0 saturated heterocycles. The summed E-state index contributed by atoms with van der Waals surface area (Å²) in [4.78, 5) is 3.71. The largest absolute Gasteiger partial charge is 0.310 e. The molecule has 0 fully saturated rings. The number of benzene rings is 7. The van der Waals surface area contributed by atoms with Gasteiger partial charge in [0.2, 0.25) is 0 Å². The average molecular weight is 636 g/mol. The quantitative estimate of drug-likeness (QED) is 0.181. The Morgan fingerprint density at radius 2 is 1.14 bits per heavy atom. The van der Waals surface area contributed by atoms with E-state index in [1.807, 2.05) is 84.9 Å². The number of para-hydroxylation sites is 3. The fraction of sp³-hybridized carbons (Fsp3) is 0. The standard InChI is InChI=1S/C45H25N5/c1-48-33-18-22-39-37-9-3-7-13-43(37)50(45(39)26-33)42-12-6-2-8-36(42)35-21-17-31(25-32(35)28-47)30-15-19-34(20-16-30)49-41-11-5-4-10-38(41)40-24-29(27-46)14-23-44(40)49/h2-26H. The number of nitriles is 2. The molecule has 2 aromatic heterocycles. The first-order valence-electron chi connectivity index (χ1n) is 16.3. The van der Waals surface area contributed by atoms with Crippen molar-refractivity contribution in [2.45, 2.75) is 0 Å². The summed E-state index contributed by atoms with van der Waals surface area (Å²) < 4.78 is 4.43. The van der Waals surface area contributed by atoms with Crippen LogP contribution in [0.25, 0.3) is 82.1 Å². The Labute approximate surface area is 288 Å². The maximum Gasteiger partial charge on any atom is 0.189 e. The van der Waals surface area contributed by atoms with E-state index in [0.717, 1.165) is 77.2 Å². The van der Waals surface area contributed by atoms with E-state index >= 15 is 0 Å². The summed E-state index contributed by atoms with van der Waals surface area (Å²) in [5, 5.41) is 24.3. The fourth-order valence-electron chi connectivity index (χ4n) is 7.36. The highest BCUT2D eigenvalue weighted by molar-refractivity contribution is 6.11. The molecule has 0 atom stereocenters. The molecule has 5 heteroatoms. The van der Waals surface area contributed by atoms with Crippen molar-refractivity contribution >= 4 is 49.3 Å². The minimum absolute atomic E-state index is 0.581. The normalized spacial score (nSPS) is 11.1. The van der Waals surface area contributed by atoms with Crippen LogP contribution < -0.4 is 0 Å². The molecule has 0 unspecified atom stereocenters. The Morgan fingerprint density at radius 1 is 0.480 bits per heavy atom. The summed E-state index contributed by atoms with van der Waals surface area (Å²) in [6, 6.07) is 55.6. The number of fused-ring (bicyclic) bond motifs is 6. The molecular formula is C45H25N5. The van der Waals surface area contributed by atoms with E-state index in [-0.39, 0.29) is 0 Å². The monoisotopic (exact) mass is 635 g/mol. The van der Waals surface area contributed by atoms with Gasteiger partial charge in [-0.2, -0.15) is 10.5 Å². The molecule has 0 amide bonds. The second-order valence-electron chi connectivity index (χ2n) is 12.3. The molecule has 0 radical (unpaired) electrons. The maximum atomic E-state index is 10.5. The van der Waals surface area contributed by atoms with Gasteiger partial charge in [-0.3, -0.25) is 0 Å². The van der Waals surface area contributed by atoms with Crippen molar-refractivity contribution in [3.63, 3.8) is 0 Å². The zero-order valence-corrected chi connectivity index (χ0v) is 26.7. The van der Waals surface area contributed by atoms with Crippen molar-refractivity contribution in [3.8, 4) is 45.8 Å². The van der Waals surface area contributed by atoms with Gasteiger partial charge in [0.25, 0.3) is 0 Å². The Balaban J connectivity index is 1.14. The first-order valence-corrected chi connectivity index (χ1v) is 16.3. The van der Waals surface area contributed by atoms with Crippen molar-refractivity contribution in [2.24, 2.45) is 0 Å². The highest BCUT2D eigenvalue weighted by Gasteiger charge is 2.18. The van der Waals surface area contributed by atoms with Crippen molar-refractivity contribution in [2.75, 3.05) is 0 Å². The highest BCUT2D eigenvalue weighted by Crippen LogP contribution is 2.39. The van der Waals surface area contributed by atoms with Crippen LogP contribution in [0.5, 0.6) is 0 Å². The van der Waals surface area contributed by atoms with Gasteiger partial charge in [-0.25, -0.2) is 4.85 Å². The van der Waals surface area contributed by atoms with Gasteiger partial charge >= 0.3 is 0 Å². The molecule has 7 aromatic carbocycles. The van der Waals surface area contributed by atoms with Crippen molar-refractivity contribution in [3.05, 3.63) is 174 Å². The number of hydrogen-bond donors (Lipinski definition) is 0. The van der Waals surface area contributed by atoms with Crippen LogP contribution in [-0.4, -0.2) is 9.13 Å². The van der Waals surface area contributed by atoms with Gasteiger partial charge in [0.05, 0.1) is 52.1 Å². The van der Waals surface area contributed by atoms with Gasteiger partial charge in [-0.05, 0) is 71.8 Å². The van der Waals surface area contributed by atoms with Crippen LogP contribution in [-0.2, 0) is 0 Å². The molecule has 5 nitrogen and oxygen atoms in total. The van der Waals surface area contributed by atoms with E-state index in [4.69, 9.17) is 6.57 Å². The Bertz CT molecular complexity index is 2960. The molecule has 2 heterocycles. The average Bonchev–Trinajstić information content (AvgIpc) is 3.69. The second-order valence-corrected chi connectivity index (χ2v) is 12.3. The van der Waals surface area contributed by atoms with Gasteiger partial charge in [0.15, 0.2) is 5.69 Å². The molecule has 0 aliphatic carbocycles. The van der Waals surface area contributed by atoms with Gasteiger partial charge in [0, 0.05) is 43.9 Å². The number of hydrogen-bond acceptors (Lipinski definition) is 2. The van der Waals surface area contributed by atoms with Crippen LogP contribution in [0.4, 0.5) is 5.69 Å². The molecule has 0 spiro atoms. The Morgan fingerprint density at radius 3 is 1.90 bits per heavy atom. The van der Waals surface area contributed by atoms with Crippen LogP contribution in [0.15, 0.2) is 152 Å². The molecule has 50 heavy (non-hydrogen) atoms. The maximum absolute atomic E-state index is 10.5. The third kappa shape index (κ3) is 4.38. The lowest BCUT2D eigenvalue weighted by Crippen LogP contribution is -1.98. The topological polar surface area (TPSA) is 61.8 Å². The lowest BCUT2D eigenvalue weighted by atomic mass is 9.94. The first-order chi connectivity index (χ1) is 24.7. The molecule has 0 saturated carbocycles. The molecule has 0 aliphatic rings. The highest BCUT2D eigenvalue weighted by atomic mass is 15.0. The van der Waals surface area contributed by atoms with Crippen molar-refractivity contribution < 1.29 is 0 Å². The summed E-state index contributed by atoms with van der Waals surface area (Å²) in [6.45, 7) is 7.64. The van der Waals surface area contributed by atoms with Crippen LogP contribution >= 0.6 is 0 Å². The molecule has 230 valence electrons. The molecule has 9 rings (SSSR count). The number of aromatic nitrogens is 2. The van der Waals surface area contributed by atoms with E-state index < -0.39 is 0 Å². The zero-order valence-electron chi connectivity index (χ0n) is 26.7. The molecule has 0 N–H and O–H groups in total. The van der Waals surface area contributed by atoms with E-state index in [1.54, 1.807) is 0 Å². The molecule has 0 bridgehead atoms. The lowest BCUT2D eigenvalue weighted by Gasteiger charge is -2.16. The minimum atomic E-state index is 0.581. The van der Waals surface area contributed by atoms with Crippen molar-refractivity contribution in [1.82, 2.24) is 9.13 Å². The SMILES string of the molecule is [C-]#[N+]c1ccc2c3ccccc3n(-c3ccccc3-c3ccc(-c4ccc(-n5c6ccccc6c6cc(C#N)ccc65)cc4)cc3C#N)c2c1.